The molecule has 2 aromatic carbocycles. The van der Waals surface area contributed by atoms with Gasteiger partial charge in [0.25, 0.3) is 0 Å². The molecule has 2 unspecified atom stereocenters. The summed E-state index contributed by atoms with van der Waals surface area (Å²) in [6.07, 6.45) is 1.94. The van der Waals surface area contributed by atoms with E-state index in [9.17, 15) is 0 Å². The van der Waals surface area contributed by atoms with E-state index in [2.05, 4.69) is 13.8 Å². The van der Waals surface area contributed by atoms with Crippen LogP contribution in [0.1, 0.15) is 90.5 Å². The lowest BCUT2D eigenvalue weighted by Crippen LogP contribution is -2.03. The van der Waals surface area contributed by atoms with Crippen molar-refractivity contribution in [1.29, 1.82) is 0 Å². The van der Waals surface area contributed by atoms with Gasteiger partial charge in [-0.15, -0.1) is 0 Å². The van der Waals surface area contributed by atoms with E-state index >= 15 is 0 Å². The maximum atomic E-state index is 5.40. The Kier molecular flexibility index (Phi) is 44.9. The summed E-state index contributed by atoms with van der Waals surface area (Å²) < 4.78 is 20.8. The number of ether oxygens (including phenoxy) is 4. The molecule has 0 N–H and O–H groups in total. The average Bonchev–Trinajstić information content (AvgIpc) is 3.84. The zero-order valence-corrected chi connectivity index (χ0v) is 23.1. The van der Waals surface area contributed by atoms with Gasteiger partial charge in [0.15, 0.2) is 0 Å². The number of benzene rings is 2. The SMILES string of the molecule is C.C.CC.CC.CC.CC.CCC.c1ccc(OCC2CO2)cc1.c1ccc(OCC2CO2)cc1. The maximum absolute atomic E-state index is 5.40. The van der Waals surface area contributed by atoms with E-state index in [1.54, 1.807) is 0 Å². The van der Waals surface area contributed by atoms with Crippen LogP contribution < -0.4 is 9.47 Å². The molecule has 4 heteroatoms. The average molecular weight is 497 g/mol. The van der Waals surface area contributed by atoms with Gasteiger partial charge in [-0.1, -0.05) is 127 Å². The number of para-hydroxylation sites is 2. The van der Waals surface area contributed by atoms with Gasteiger partial charge in [-0.05, 0) is 24.3 Å². The third kappa shape index (κ3) is 32.0. The second kappa shape index (κ2) is 36.5. The zero-order chi connectivity index (χ0) is 25.7. The summed E-state index contributed by atoms with van der Waals surface area (Å²) >= 11 is 0. The Morgan fingerprint density at radius 3 is 1.00 bits per heavy atom. The van der Waals surface area contributed by atoms with Crippen molar-refractivity contribution >= 4 is 0 Å². The van der Waals surface area contributed by atoms with Gasteiger partial charge in [0.1, 0.15) is 36.9 Å². The third-order valence-electron chi connectivity index (χ3n) is 3.16. The summed E-state index contributed by atoms with van der Waals surface area (Å²) in [7, 11) is 0. The first kappa shape index (κ1) is 43.1. The lowest BCUT2D eigenvalue weighted by molar-refractivity contribution is 0.263. The summed E-state index contributed by atoms with van der Waals surface area (Å²) in [5.41, 5.74) is 0. The van der Waals surface area contributed by atoms with Crippen molar-refractivity contribution in [3.8, 4) is 11.5 Å². The molecule has 0 spiro atoms. The van der Waals surface area contributed by atoms with E-state index in [1.807, 2.05) is 116 Å². The highest BCUT2D eigenvalue weighted by Crippen LogP contribution is 2.14. The lowest BCUT2D eigenvalue weighted by atomic mass is 10.3. The first-order chi connectivity index (χ1) is 16.3. The van der Waals surface area contributed by atoms with Crippen LogP contribution in [-0.4, -0.2) is 38.6 Å². The van der Waals surface area contributed by atoms with Crippen LogP contribution in [0.15, 0.2) is 60.7 Å². The highest BCUT2D eigenvalue weighted by atomic mass is 16.6. The first-order valence-corrected chi connectivity index (χ1v) is 12.9. The maximum Gasteiger partial charge on any atom is 0.119 e. The number of epoxide rings is 2. The third-order valence-corrected chi connectivity index (χ3v) is 3.16. The molecular formula is C31H60O4. The van der Waals surface area contributed by atoms with Crippen LogP contribution in [0.5, 0.6) is 11.5 Å². The molecule has 2 fully saturated rings. The minimum atomic E-state index is 0. The number of hydrogen-bond donors (Lipinski definition) is 0. The van der Waals surface area contributed by atoms with E-state index in [1.165, 1.54) is 6.42 Å². The van der Waals surface area contributed by atoms with Crippen molar-refractivity contribution in [1.82, 2.24) is 0 Å². The van der Waals surface area contributed by atoms with Crippen molar-refractivity contribution in [3.63, 3.8) is 0 Å². The van der Waals surface area contributed by atoms with Gasteiger partial charge in [-0.25, -0.2) is 0 Å². The molecule has 2 saturated heterocycles. The Bertz CT molecular complexity index is 501. The first-order valence-electron chi connectivity index (χ1n) is 12.9. The molecule has 2 atom stereocenters. The molecule has 4 nitrogen and oxygen atoms in total. The summed E-state index contributed by atoms with van der Waals surface area (Å²) in [5, 5.41) is 0. The van der Waals surface area contributed by atoms with Crippen LogP contribution in [-0.2, 0) is 9.47 Å². The fourth-order valence-corrected chi connectivity index (χ4v) is 1.74. The van der Waals surface area contributed by atoms with Gasteiger partial charge < -0.3 is 18.9 Å². The van der Waals surface area contributed by atoms with E-state index in [0.717, 1.165) is 24.7 Å². The Morgan fingerprint density at radius 2 is 0.800 bits per heavy atom. The second-order valence-corrected chi connectivity index (χ2v) is 5.87. The Balaban J connectivity index is -0.000000118. The highest BCUT2D eigenvalue weighted by Gasteiger charge is 2.23. The molecule has 0 radical (unpaired) electrons. The molecule has 2 aliphatic heterocycles. The van der Waals surface area contributed by atoms with Gasteiger partial charge >= 0.3 is 0 Å². The Hall–Kier alpha value is -2.04. The molecule has 0 aliphatic carbocycles. The Labute approximate surface area is 220 Å². The predicted molar refractivity (Wildman–Crippen MR) is 158 cm³/mol. The van der Waals surface area contributed by atoms with Crippen LogP contribution in [0.25, 0.3) is 0 Å². The smallest absolute Gasteiger partial charge is 0.119 e. The van der Waals surface area contributed by atoms with Gasteiger partial charge in [0, 0.05) is 0 Å². The number of rotatable bonds is 6. The van der Waals surface area contributed by atoms with E-state index in [-0.39, 0.29) is 14.9 Å². The van der Waals surface area contributed by atoms with Crippen molar-refractivity contribution in [3.05, 3.63) is 60.7 Å². The summed E-state index contributed by atoms with van der Waals surface area (Å²) in [6, 6.07) is 19.6. The zero-order valence-electron chi connectivity index (χ0n) is 23.1. The van der Waals surface area contributed by atoms with Crippen molar-refractivity contribution in [2.45, 2.75) is 103 Å². The Morgan fingerprint density at radius 1 is 0.571 bits per heavy atom. The minimum Gasteiger partial charge on any atom is -0.491 e. The summed E-state index contributed by atoms with van der Waals surface area (Å²) in [4.78, 5) is 0. The molecule has 0 amide bonds. The van der Waals surface area contributed by atoms with E-state index in [4.69, 9.17) is 18.9 Å². The second-order valence-electron chi connectivity index (χ2n) is 5.87. The molecule has 35 heavy (non-hydrogen) atoms. The molecule has 0 bridgehead atoms. The van der Waals surface area contributed by atoms with Crippen LogP contribution >= 0.6 is 0 Å². The lowest BCUT2D eigenvalue weighted by Gasteiger charge is -2.01. The van der Waals surface area contributed by atoms with Gasteiger partial charge in [0.05, 0.1) is 13.2 Å². The van der Waals surface area contributed by atoms with Gasteiger partial charge in [-0.2, -0.15) is 0 Å². The molecular weight excluding hydrogens is 436 g/mol. The highest BCUT2D eigenvalue weighted by molar-refractivity contribution is 5.21. The molecule has 4 rings (SSSR count). The number of hydrogen-bond acceptors (Lipinski definition) is 4. The van der Waals surface area contributed by atoms with Gasteiger partial charge in [-0.3, -0.25) is 0 Å². The quantitative estimate of drug-likeness (QED) is 0.373. The van der Waals surface area contributed by atoms with Crippen molar-refractivity contribution < 1.29 is 18.9 Å². The normalized spacial score (nSPS) is 14.6. The topological polar surface area (TPSA) is 43.5 Å². The predicted octanol–water partition coefficient (Wildman–Crippen LogP) is 9.72. The summed E-state index contributed by atoms with van der Waals surface area (Å²) in [5.74, 6) is 1.84. The van der Waals surface area contributed by atoms with Crippen LogP contribution in [0.3, 0.4) is 0 Å². The molecule has 2 heterocycles. The van der Waals surface area contributed by atoms with Crippen LogP contribution in [0.4, 0.5) is 0 Å². The molecule has 2 aliphatic rings. The fraction of sp³-hybridized carbons (Fsp3) is 0.613. The van der Waals surface area contributed by atoms with E-state index < -0.39 is 0 Å². The molecule has 208 valence electrons. The molecule has 2 aromatic rings. The van der Waals surface area contributed by atoms with Crippen LogP contribution in [0, 0.1) is 0 Å². The fourth-order valence-electron chi connectivity index (χ4n) is 1.74. The monoisotopic (exact) mass is 496 g/mol. The van der Waals surface area contributed by atoms with Gasteiger partial charge in [0.2, 0.25) is 0 Å². The largest absolute Gasteiger partial charge is 0.491 e. The van der Waals surface area contributed by atoms with Crippen LogP contribution in [0.2, 0.25) is 0 Å². The molecule has 0 saturated carbocycles. The van der Waals surface area contributed by atoms with Crippen molar-refractivity contribution in [2.75, 3.05) is 26.4 Å². The molecule has 0 aromatic heterocycles. The van der Waals surface area contributed by atoms with Crippen molar-refractivity contribution in [2.24, 2.45) is 0 Å². The minimum absolute atomic E-state index is 0. The standard InChI is InChI=1S/2C9H10O2.C3H8.4C2H6.2CH4/c2*1-2-4-8(5-3-1)10-6-9-7-11-9;1-3-2;4*1-2;;/h2*1-5,9H,6-7H2;3H2,1-2H3;4*1-2H3;2*1H4. The van der Waals surface area contributed by atoms with E-state index in [0.29, 0.717) is 25.4 Å². The summed E-state index contributed by atoms with van der Waals surface area (Å²) in [6.45, 7) is 23.3.